The van der Waals surface area contributed by atoms with Gasteiger partial charge >= 0.3 is 5.97 Å². The zero-order chi connectivity index (χ0) is 13.0. The van der Waals surface area contributed by atoms with Gasteiger partial charge in [0, 0.05) is 13.2 Å². The molecule has 1 unspecified atom stereocenters. The molecule has 0 radical (unpaired) electrons. The zero-order valence-electron chi connectivity index (χ0n) is 10.2. The highest BCUT2D eigenvalue weighted by molar-refractivity contribution is 5.74. The molecule has 1 aliphatic rings. The highest BCUT2D eigenvalue weighted by atomic mass is 16.5. The van der Waals surface area contributed by atoms with Gasteiger partial charge < -0.3 is 14.9 Å². The Bertz CT molecular complexity index is 396. The van der Waals surface area contributed by atoms with Gasteiger partial charge in [0.15, 0.2) is 0 Å². The van der Waals surface area contributed by atoms with Crippen LogP contribution in [0, 0.1) is 5.41 Å². The lowest BCUT2D eigenvalue weighted by Crippen LogP contribution is -2.38. The van der Waals surface area contributed by atoms with Gasteiger partial charge in [-0.1, -0.05) is 30.3 Å². The van der Waals surface area contributed by atoms with E-state index in [-0.39, 0.29) is 6.42 Å². The fourth-order valence-electron chi connectivity index (χ4n) is 2.43. The normalized spacial score (nSPS) is 20.3. The van der Waals surface area contributed by atoms with Gasteiger partial charge in [-0.25, -0.2) is 0 Å². The number of rotatable bonds is 4. The van der Waals surface area contributed by atoms with E-state index < -0.39 is 17.5 Å². The smallest absolute Gasteiger partial charge is 0.309 e. The third-order valence-corrected chi connectivity index (χ3v) is 3.67. The number of benzene rings is 1. The van der Waals surface area contributed by atoms with E-state index in [1.54, 1.807) is 0 Å². The Kier molecular flexibility index (Phi) is 3.99. The van der Waals surface area contributed by atoms with Crippen LogP contribution < -0.4 is 0 Å². The molecule has 1 heterocycles. The second-order valence-electron chi connectivity index (χ2n) is 4.83. The van der Waals surface area contributed by atoms with Crippen molar-refractivity contribution in [3.8, 4) is 0 Å². The number of carbonyl (C=O) groups is 1. The van der Waals surface area contributed by atoms with Crippen LogP contribution in [0.25, 0.3) is 0 Å². The van der Waals surface area contributed by atoms with Crippen molar-refractivity contribution in [2.75, 3.05) is 13.2 Å². The average molecular weight is 250 g/mol. The first-order valence-electron chi connectivity index (χ1n) is 6.18. The number of hydrogen-bond donors (Lipinski definition) is 2. The third-order valence-electron chi connectivity index (χ3n) is 3.67. The molecule has 18 heavy (non-hydrogen) atoms. The van der Waals surface area contributed by atoms with E-state index >= 15 is 0 Å². The van der Waals surface area contributed by atoms with E-state index in [2.05, 4.69) is 0 Å². The largest absolute Gasteiger partial charge is 0.481 e. The molecule has 1 fully saturated rings. The molecule has 1 aromatic rings. The summed E-state index contributed by atoms with van der Waals surface area (Å²) < 4.78 is 5.22. The van der Waals surface area contributed by atoms with Crippen LogP contribution in [0.5, 0.6) is 0 Å². The summed E-state index contributed by atoms with van der Waals surface area (Å²) in [5.41, 5.74) is -0.0855. The van der Waals surface area contributed by atoms with Gasteiger partial charge in [0.1, 0.15) is 0 Å². The van der Waals surface area contributed by atoms with Crippen molar-refractivity contribution < 1.29 is 19.7 Å². The lowest BCUT2D eigenvalue weighted by molar-refractivity contribution is -0.157. The van der Waals surface area contributed by atoms with Crippen LogP contribution in [0.3, 0.4) is 0 Å². The monoisotopic (exact) mass is 250 g/mol. The molecule has 0 aromatic heterocycles. The number of aliphatic carboxylic acids is 1. The molecule has 1 saturated heterocycles. The quantitative estimate of drug-likeness (QED) is 0.857. The van der Waals surface area contributed by atoms with Gasteiger partial charge in [0.05, 0.1) is 11.5 Å². The topological polar surface area (TPSA) is 66.8 Å². The number of carboxylic acid groups (broad SMARTS) is 1. The van der Waals surface area contributed by atoms with Crippen molar-refractivity contribution in [1.82, 2.24) is 0 Å². The first-order chi connectivity index (χ1) is 8.64. The van der Waals surface area contributed by atoms with Crippen LogP contribution in [-0.4, -0.2) is 29.4 Å². The first kappa shape index (κ1) is 13.1. The minimum atomic E-state index is -0.854. The van der Waals surface area contributed by atoms with E-state index in [0.717, 1.165) is 5.56 Å². The molecular weight excluding hydrogens is 232 g/mol. The maximum atomic E-state index is 11.5. The number of ether oxygens (including phenoxy) is 1. The van der Waals surface area contributed by atoms with Crippen LogP contribution in [0.4, 0.5) is 0 Å². The van der Waals surface area contributed by atoms with Crippen LogP contribution in [-0.2, 0) is 9.53 Å². The number of hydrogen-bond acceptors (Lipinski definition) is 3. The summed E-state index contributed by atoms with van der Waals surface area (Å²) in [6.07, 6.45) is 0.439. The van der Waals surface area contributed by atoms with Crippen LogP contribution in [0.1, 0.15) is 30.9 Å². The average Bonchev–Trinajstić information content (AvgIpc) is 2.40. The van der Waals surface area contributed by atoms with E-state index in [0.29, 0.717) is 26.1 Å². The SMILES string of the molecule is O=C(O)C1(CC(O)c2ccccc2)CCOCC1. The van der Waals surface area contributed by atoms with Crippen LogP contribution in [0.15, 0.2) is 30.3 Å². The van der Waals surface area contributed by atoms with Gasteiger partial charge in [-0.05, 0) is 24.8 Å². The minimum Gasteiger partial charge on any atom is -0.481 e. The summed E-state index contributed by atoms with van der Waals surface area (Å²) in [7, 11) is 0. The molecular formula is C14H18O4. The predicted molar refractivity (Wildman–Crippen MR) is 66.1 cm³/mol. The van der Waals surface area contributed by atoms with Crippen molar-refractivity contribution >= 4 is 5.97 Å². The van der Waals surface area contributed by atoms with Crippen LogP contribution >= 0.6 is 0 Å². The maximum absolute atomic E-state index is 11.5. The zero-order valence-corrected chi connectivity index (χ0v) is 10.2. The second-order valence-corrected chi connectivity index (χ2v) is 4.83. The molecule has 0 amide bonds. The van der Waals surface area contributed by atoms with Gasteiger partial charge in [-0.3, -0.25) is 4.79 Å². The van der Waals surface area contributed by atoms with Gasteiger partial charge in [0.2, 0.25) is 0 Å². The molecule has 4 heteroatoms. The summed E-state index contributed by atoms with van der Waals surface area (Å²) in [4.78, 5) is 11.5. The van der Waals surface area contributed by atoms with Gasteiger partial charge in [-0.15, -0.1) is 0 Å². The standard InChI is InChI=1S/C14H18O4/c15-12(11-4-2-1-3-5-11)10-14(13(16)17)6-8-18-9-7-14/h1-5,12,15H,6-10H2,(H,16,17). The molecule has 1 aromatic carbocycles. The third kappa shape index (κ3) is 2.71. The van der Waals surface area contributed by atoms with Crippen LogP contribution in [0.2, 0.25) is 0 Å². The molecule has 0 bridgehead atoms. The molecule has 0 spiro atoms. The van der Waals surface area contributed by atoms with Crippen molar-refractivity contribution in [3.63, 3.8) is 0 Å². The van der Waals surface area contributed by atoms with Gasteiger partial charge in [0.25, 0.3) is 0 Å². The van der Waals surface area contributed by atoms with E-state index in [9.17, 15) is 15.0 Å². The lowest BCUT2D eigenvalue weighted by Gasteiger charge is -2.34. The highest BCUT2D eigenvalue weighted by Crippen LogP contribution is 2.39. The fraction of sp³-hybridized carbons (Fsp3) is 0.500. The van der Waals surface area contributed by atoms with E-state index in [4.69, 9.17) is 4.74 Å². The van der Waals surface area contributed by atoms with Crippen molar-refractivity contribution in [1.29, 1.82) is 0 Å². The lowest BCUT2D eigenvalue weighted by atomic mass is 9.75. The van der Waals surface area contributed by atoms with E-state index in [1.165, 1.54) is 0 Å². The Balaban J connectivity index is 2.12. The molecule has 98 valence electrons. The van der Waals surface area contributed by atoms with Crippen molar-refractivity contribution in [2.24, 2.45) is 5.41 Å². The van der Waals surface area contributed by atoms with E-state index in [1.807, 2.05) is 30.3 Å². The molecule has 4 nitrogen and oxygen atoms in total. The molecule has 0 saturated carbocycles. The Hall–Kier alpha value is -1.39. The summed E-state index contributed by atoms with van der Waals surface area (Å²) in [5, 5.41) is 19.6. The maximum Gasteiger partial charge on any atom is 0.309 e. The molecule has 2 rings (SSSR count). The first-order valence-corrected chi connectivity index (χ1v) is 6.18. The fourth-order valence-corrected chi connectivity index (χ4v) is 2.43. The summed E-state index contributed by atoms with van der Waals surface area (Å²) >= 11 is 0. The summed E-state index contributed by atoms with van der Waals surface area (Å²) in [5.74, 6) is -0.833. The number of aliphatic hydroxyl groups is 1. The van der Waals surface area contributed by atoms with Gasteiger partial charge in [-0.2, -0.15) is 0 Å². The summed E-state index contributed by atoms with van der Waals surface area (Å²) in [6, 6.07) is 9.20. The van der Waals surface area contributed by atoms with Crippen molar-refractivity contribution in [2.45, 2.75) is 25.4 Å². The number of aliphatic hydroxyl groups excluding tert-OH is 1. The Morgan fingerprint density at radius 3 is 2.44 bits per heavy atom. The Morgan fingerprint density at radius 1 is 1.28 bits per heavy atom. The highest BCUT2D eigenvalue weighted by Gasteiger charge is 2.41. The summed E-state index contributed by atoms with van der Waals surface area (Å²) in [6.45, 7) is 0.904. The molecule has 2 N–H and O–H groups in total. The Morgan fingerprint density at radius 2 is 1.89 bits per heavy atom. The molecule has 0 aliphatic carbocycles. The Labute approximate surface area is 106 Å². The second kappa shape index (κ2) is 5.50. The predicted octanol–water partition coefficient (Wildman–Crippen LogP) is 1.99. The minimum absolute atomic E-state index is 0.246. The molecule has 1 aliphatic heterocycles. The number of carboxylic acids is 1. The van der Waals surface area contributed by atoms with Crippen molar-refractivity contribution in [3.05, 3.63) is 35.9 Å². The molecule has 1 atom stereocenters.